The molecule has 4 nitrogen and oxygen atoms in total. The Balaban J connectivity index is 1.76. The first-order chi connectivity index (χ1) is 9.62. The first-order valence-corrected chi connectivity index (χ1v) is 7.58. The summed E-state index contributed by atoms with van der Waals surface area (Å²) in [5.74, 6) is 0.0947. The van der Waals surface area contributed by atoms with Gasteiger partial charge in [-0.2, -0.15) is 0 Å². The van der Waals surface area contributed by atoms with Gasteiger partial charge in [0.2, 0.25) is 5.91 Å². The van der Waals surface area contributed by atoms with Crippen molar-refractivity contribution >= 4 is 23.0 Å². The van der Waals surface area contributed by atoms with Crippen LogP contribution in [0.4, 0.5) is 17.1 Å². The summed E-state index contributed by atoms with van der Waals surface area (Å²) in [5, 5.41) is 6.43. The number of carbonyl (C=O) groups is 1. The third-order valence-corrected chi connectivity index (χ3v) is 4.99. The molecule has 1 aromatic carbocycles. The third-order valence-electron chi connectivity index (χ3n) is 4.99. The molecule has 4 heteroatoms. The second kappa shape index (κ2) is 5.00. The van der Waals surface area contributed by atoms with Gasteiger partial charge in [-0.1, -0.05) is 13.3 Å². The Labute approximate surface area is 120 Å². The molecule has 1 aliphatic carbocycles. The van der Waals surface area contributed by atoms with Crippen LogP contribution in [0.3, 0.4) is 0 Å². The maximum absolute atomic E-state index is 11.5. The van der Waals surface area contributed by atoms with Gasteiger partial charge in [0.05, 0.1) is 11.4 Å². The molecular formula is C16H23N3O. The zero-order valence-corrected chi connectivity index (χ0v) is 12.1. The van der Waals surface area contributed by atoms with Crippen LogP contribution in [0, 0.1) is 5.41 Å². The van der Waals surface area contributed by atoms with E-state index in [4.69, 9.17) is 5.73 Å². The molecule has 0 aromatic heterocycles. The van der Waals surface area contributed by atoms with Crippen molar-refractivity contribution in [1.82, 2.24) is 0 Å². The summed E-state index contributed by atoms with van der Waals surface area (Å²) < 4.78 is 0. The van der Waals surface area contributed by atoms with Crippen molar-refractivity contribution in [3.63, 3.8) is 0 Å². The molecule has 4 N–H and O–H groups in total. The van der Waals surface area contributed by atoms with Crippen LogP contribution in [0.15, 0.2) is 12.1 Å². The van der Waals surface area contributed by atoms with Crippen molar-refractivity contribution in [2.75, 3.05) is 22.9 Å². The van der Waals surface area contributed by atoms with Crippen LogP contribution >= 0.6 is 0 Å². The Morgan fingerprint density at radius 3 is 2.80 bits per heavy atom. The molecule has 1 saturated carbocycles. The van der Waals surface area contributed by atoms with Gasteiger partial charge in [-0.15, -0.1) is 0 Å². The quantitative estimate of drug-likeness (QED) is 0.738. The molecule has 0 bridgehead atoms. The SMILES string of the molecule is CCC1(CNc2cc3c(cc2N)CCC(=O)N3)CCC1. The number of amides is 1. The molecule has 0 unspecified atom stereocenters. The monoisotopic (exact) mass is 273 g/mol. The van der Waals surface area contributed by atoms with E-state index in [1.165, 1.54) is 25.7 Å². The van der Waals surface area contributed by atoms with Gasteiger partial charge in [0.1, 0.15) is 0 Å². The van der Waals surface area contributed by atoms with Gasteiger partial charge in [0, 0.05) is 18.7 Å². The topological polar surface area (TPSA) is 67.1 Å². The van der Waals surface area contributed by atoms with E-state index in [2.05, 4.69) is 17.6 Å². The molecule has 0 spiro atoms. The van der Waals surface area contributed by atoms with Crippen molar-refractivity contribution in [3.8, 4) is 0 Å². The number of hydrogen-bond acceptors (Lipinski definition) is 3. The number of fused-ring (bicyclic) bond motifs is 1. The highest BCUT2D eigenvalue weighted by molar-refractivity contribution is 5.95. The first-order valence-electron chi connectivity index (χ1n) is 7.58. The fraction of sp³-hybridized carbons (Fsp3) is 0.562. The standard InChI is InChI=1S/C16H23N3O/c1-2-16(6-3-7-16)10-18-14-9-13-11(8-12(14)17)4-5-15(20)19-13/h8-9,18H,2-7,10,17H2,1H3,(H,19,20). The number of nitrogen functional groups attached to an aromatic ring is 1. The van der Waals surface area contributed by atoms with Crippen molar-refractivity contribution < 1.29 is 4.79 Å². The van der Waals surface area contributed by atoms with Crippen molar-refractivity contribution in [2.45, 2.75) is 45.4 Å². The molecule has 1 amide bonds. The first kappa shape index (κ1) is 13.3. The Morgan fingerprint density at radius 1 is 1.35 bits per heavy atom. The smallest absolute Gasteiger partial charge is 0.224 e. The van der Waals surface area contributed by atoms with Gasteiger partial charge < -0.3 is 16.4 Å². The van der Waals surface area contributed by atoms with Crippen LogP contribution in [-0.2, 0) is 11.2 Å². The number of rotatable bonds is 4. The third kappa shape index (κ3) is 2.35. The number of anilines is 3. The molecule has 108 valence electrons. The predicted octanol–water partition coefficient (Wildman–Crippen LogP) is 3.15. The Hall–Kier alpha value is -1.71. The van der Waals surface area contributed by atoms with E-state index >= 15 is 0 Å². The zero-order valence-electron chi connectivity index (χ0n) is 12.1. The van der Waals surface area contributed by atoms with E-state index in [0.717, 1.165) is 35.6 Å². The average molecular weight is 273 g/mol. The predicted molar refractivity (Wildman–Crippen MR) is 82.9 cm³/mol. The highest BCUT2D eigenvalue weighted by Crippen LogP contribution is 2.44. The van der Waals surface area contributed by atoms with Crippen LogP contribution in [0.5, 0.6) is 0 Å². The minimum absolute atomic E-state index is 0.0947. The summed E-state index contributed by atoms with van der Waals surface area (Å²) in [6.45, 7) is 3.23. The van der Waals surface area contributed by atoms with Gasteiger partial charge in [-0.05, 0) is 48.8 Å². The second-order valence-electron chi connectivity index (χ2n) is 6.21. The summed E-state index contributed by atoms with van der Waals surface area (Å²) in [6.07, 6.45) is 6.49. The number of nitrogens with one attached hydrogen (secondary N) is 2. The summed E-state index contributed by atoms with van der Waals surface area (Å²) in [4.78, 5) is 11.5. The average Bonchev–Trinajstić information content (AvgIpc) is 2.39. The molecule has 1 aromatic rings. The highest BCUT2D eigenvalue weighted by Gasteiger charge is 2.34. The van der Waals surface area contributed by atoms with E-state index < -0.39 is 0 Å². The number of hydrogen-bond donors (Lipinski definition) is 3. The van der Waals surface area contributed by atoms with Crippen LogP contribution in [-0.4, -0.2) is 12.5 Å². The lowest BCUT2D eigenvalue weighted by atomic mass is 9.67. The van der Waals surface area contributed by atoms with Crippen LogP contribution < -0.4 is 16.4 Å². The Morgan fingerprint density at radius 2 is 2.15 bits per heavy atom. The van der Waals surface area contributed by atoms with Gasteiger partial charge in [0.25, 0.3) is 0 Å². The maximum atomic E-state index is 11.5. The molecule has 1 heterocycles. The van der Waals surface area contributed by atoms with Crippen LogP contribution in [0.2, 0.25) is 0 Å². The molecule has 2 aliphatic rings. The molecular weight excluding hydrogens is 250 g/mol. The van der Waals surface area contributed by atoms with E-state index in [0.29, 0.717) is 11.8 Å². The van der Waals surface area contributed by atoms with Crippen LogP contribution in [0.25, 0.3) is 0 Å². The van der Waals surface area contributed by atoms with Crippen molar-refractivity contribution in [2.24, 2.45) is 5.41 Å². The summed E-state index contributed by atoms with van der Waals surface area (Å²) in [7, 11) is 0. The number of nitrogens with two attached hydrogens (primary N) is 1. The Bertz CT molecular complexity index is 529. The number of carbonyl (C=O) groups excluding carboxylic acids is 1. The normalized spacial score (nSPS) is 19.8. The van der Waals surface area contributed by atoms with E-state index in [9.17, 15) is 4.79 Å². The largest absolute Gasteiger partial charge is 0.397 e. The maximum Gasteiger partial charge on any atom is 0.224 e. The lowest BCUT2D eigenvalue weighted by Crippen LogP contribution is -2.36. The van der Waals surface area contributed by atoms with Crippen molar-refractivity contribution in [1.29, 1.82) is 0 Å². The molecule has 3 rings (SSSR count). The molecule has 0 radical (unpaired) electrons. The molecule has 1 fully saturated rings. The van der Waals surface area contributed by atoms with Crippen LogP contribution in [0.1, 0.15) is 44.6 Å². The van der Waals surface area contributed by atoms with Gasteiger partial charge >= 0.3 is 0 Å². The van der Waals surface area contributed by atoms with Gasteiger partial charge in [-0.3, -0.25) is 4.79 Å². The summed E-state index contributed by atoms with van der Waals surface area (Å²) >= 11 is 0. The number of aryl methyl sites for hydroxylation is 1. The molecule has 1 aliphatic heterocycles. The molecule has 0 saturated heterocycles. The van der Waals surface area contributed by atoms with E-state index in [-0.39, 0.29) is 5.91 Å². The lowest BCUT2D eigenvalue weighted by Gasteiger charge is -2.41. The summed E-state index contributed by atoms with van der Waals surface area (Å²) in [6, 6.07) is 3.99. The minimum atomic E-state index is 0.0947. The zero-order chi connectivity index (χ0) is 14.2. The van der Waals surface area contributed by atoms with Gasteiger partial charge in [0.15, 0.2) is 0 Å². The fourth-order valence-corrected chi connectivity index (χ4v) is 3.22. The Kier molecular flexibility index (Phi) is 3.32. The second-order valence-corrected chi connectivity index (χ2v) is 6.21. The lowest BCUT2D eigenvalue weighted by molar-refractivity contribution is -0.116. The minimum Gasteiger partial charge on any atom is -0.397 e. The summed E-state index contributed by atoms with van der Waals surface area (Å²) in [5.41, 5.74) is 10.4. The highest BCUT2D eigenvalue weighted by atomic mass is 16.1. The molecule has 0 atom stereocenters. The van der Waals surface area contributed by atoms with E-state index in [1.54, 1.807) is 0 Å². The van der Waals surface area contributed by atoms with Gasteiger partial charge in [-0.25, -0.2) is 0 Å². The van der Waals surface area contributed by atoms with Crippen molar-refractivity contribution in [3.05, 3.63) is 17.7 Å². The number of benzene rings is 1. The molecule has 20 heavy (non-hydrogen) atoms. The fourth-order valence-electron chi connectivity index (χ4n) is 3.22. The van der Waals surface area contributed by atoms with E-state index in [1.807, 2.05) is 12.1 Å².